The van der Waals surface area contributed by atoms with Crippen LogP contribution in [0.25, 0.3) is 0 Å². The molecule has 0 bridgehead atoms. The van der Waals surface area contributed by atoms with Crippen LogP contribution in [0.3, 0.4) is 0 Å². The summed E-state index contributed by atoms with van der Waals surface area (Å²) in [5, 5.41) is 9.44. The average Bonchev–Trinajstić information content (AvgIpc) is 2.36. The van der Waals surface area contributed by atoms with Gasteiger partial charge in [0.25, 0.3) is 0 Å². The molecule has 0 saturated carbocycles. The van der Waals surface area contributed by atoms with Gasteiger partial charge in [0.15, 0.2) is 17.0 Å². The summed E-state index contributed by atoms with van der Waals surface area (Å²) in [6.45, 7) is 5.27. The topological polar surface area (TPSA) is 88.5 Å². The second-order valence-corrected chi connectivity index (χ2v) is 5.02. The largest absolute Gasteiger partial charge is 0.480 e. The minimum absolute atomic E-state index is 0. The first-order valence-electron chi connectivity index (χ1n) is 7.18. The molecule has 0 aromatic heterocycles. The van der Waals surface area contributed by atoms with Crippen molar-refractivity contribution in [1.29, 1.82) is 0 Å². The Morgan fingerprint density at radius 2 is 1.19 bits per heavy atom. The van der Waals surface area contributed by atoms with Gasteiger partial charge >= 0.3 is 5.97 Å². The second-order valence-electron chi connectivity index (χ2n) is 5.02. The van der Waals surface area contributed by atoms with Gasteiger partial charge in [0.1, 0.15) is 5.78 Å². The summed E-state index contributed by atoms with van der Waals surface area (Å²) in [6.07, 6.45) is 1.16. The standard InChI is InChI=1S/C15H24O5.Ti/c1-4-7-11(16)10-15(14(19)20,12(17)8-5-2)13(18)9-6-3;/h4-10H2,1-3H3,(H,19,20);. The predicted molar refractivity (Wildman–Crippen MR) is 74.4 cm³/mol. The quantitative estimate of drug-likeness (QED) is 0.464. The molecule has 0 aromatic rings. The van der Waals surface area contributed by atoms with Crippen molar-refractivity contribution in [2.75, 3.05) is 0 Å². The van der Waals surface area contributed by atoms with Crippen LogP contribution >= 0.6 is 0 Å². The van der Waals surface area contributed by atoms with Crippen molar-refractivity contribution < 1.29 is 46.0 Å². The Morgan fingerprint density at radius 1 is 0.810 bits per heavy atom. The molecule has 118 valence electrons. The molecule has 0 radical (unpaired) electrons. The van der Waals surface area contributed by atoms with E-state index >= 15 is 0 Å². The molecule has 0 aliphatic rings. The van der Waals surface area contributed by atoms with Gasteiger partial charge in [0.2, 0.25) is 0 Å². The number of Topliss-reactive ketones (excluding diaryl/α,β-unsaturated/α-hetero) is 3. The summed E-state index contributed by atoms with van der Waals surface area (Å²) in [5.41, 5.74) is -2.17. The number of carbonyl (C=O) groups is 4. The van der Waals surface area contributed by atoms with Crippen molar-refractivity contribution in [3.63, 3.8) is 0 Å². The third kappa shape index (κ3) is 5.83. The summed E-state index contributed by atoms with van der Waals surface area (Å²) < 4.78 is 0. The minimum Gasteiger partial charge on any atom is -0.480 e. The fourth-order valence-electron chi connectivity index (χ4n) is 2.21. The zero-order valence-corrected chi connectivity index (χ0v) is 14.6. The fourth-order valence-corrected chi connectivity index (χ4v) is 2.21. The SMILES string of the molecule is CCCC(=O)CC(C(=O)O)(C(=O)CCC)C(=O)CCC.[Ti]. The number of hydrogen-bond donors (Lipinski definition) is 1. The third-order valence-electron chi connectivity index (χ3n) is 3.26. The summed E-state index contributed by atoms with van der Waals surface area (Å²) in [4.78, 5) is 47.8. The molecule has 0 aromatic carbocycles. The maximum Gasteiger partial charge on any atom is 0.325 e. The molecule has 0 atom stereocenters. The molecule has 21 heavy (non-hydrogen) atoms. The zero-order valence-electron chi connectivity index (χ0n) is 13.0. The van der Waals surface area contributed by atoms with E-state index in [2.05, 4.69) is 0 Å². The van der Waals surface area contributed by atoms with Crippen LogP contribution in [0.1, 0.15) is 65.7 Å². The van der Waals surface area contributed by atoms with Gasteiger partial charge < -0.3 is 5.11 Å². The van der Waals surface area contributed by atoms with Crippen molar-refractivity contribution in [3.8, 4) is 0 Å². The van der Waals surface area contributed by atoms with Crippen LogP contribution in [-0.4, -0.2) is 28.4 Å². The number of carbonyl (C=O) groups excluding carboxylic acids is 3. The fraction of sp³-hybridized carbons (Fsp3) is 0.733. The molecule has 0 fully saturated rings. The first-order valence-corrected chi connectivity index (χ1v) is 7.18. The van der Waals surface area contributed by atoms with Crippen LogP contribution in [0.15, 0.2) is 0 Å². The molecular formula is C15H24O5Ti. The van der Waals surface area contributed by atoms with Gasteiger partial charge in [-0.25, -0.2) is 0 Å². The molecule has 1 N–H and O–H groups in total. The summed E-state index contributed by atoms with van der Waals surface area (Å²) in [5.74, 6) is -3.12. The first-order chi connectivity index (χ1) is 9.36. The number of carboxylic acids is 1. The Bertz CT molecular complexity index is 372. The van der Waals surface area contributed by atoms with Crippen molar-refractivity contribution >= 4 is 23.3 Å². The zero-order chi connectivity index (χ0) is 15.8. The van der Waals surface area contributed by atoms with Crippen LogP contribution in [-0.2, 0) is 40.9 Å². The van der Waals surface area contributed by atoms with E-state index in [9.17, 15) is 24.3 Å². The number of aliphatic carboxylic acids is 1. The van der Waals surface area contributed by atoms with E-state index in [1.54, 1.807) is 20.8 Å². The van der Waals surface area contributed by atoms with Crippen LogP contribution in [0.4, 0.5) is 0 Å². The normalized spacial score (nSPS) is 10.6. The Kier molecular flexibility index (Phi) is 11.6. The minimum atomic E-state index is -2.17. The number of rotatable bonds is 11. The molecule has 0 heterocycles. The second kappa shape index (κ2) is 10.9. The number of hydrogen-bond acceptors (Lipinski definition) is 4. The van der Waals surface area contributed by atoms with Gasteiger partial charge in [-0.05, 0) is 19.3 Å². The molecule has 0 rings (SSSR count). The van der Waals surface area contributed by atoms with Gasteiger partial charge in [-0.3, -0.25) is 19.2 Å². The van der Waals surface area contributed by atoms with E-state index in [1.165, 1.54) is 0 Å². The van der Waals surface area contributed by atoms with Crippen molar-refractivity contribution in [2.24, 2.45) is 5.41 Å². The average molecular weight is 332 g/mol. The van der Waals surface area contributed by atoms with Crippen LogP contribution in [0, 0.1) is 5.41 Å². The molecule has 5 nitrogen and oxygen atoms in total. The van der Waals surface area contributed by atoms with Gasteiger partial charge in [-0.1, -0.05) is 20.8 Å². The smallest absolute Gasteiger partial charge is 0.325 e. The van der Waals surface area contributed by atoms with Gasteiger partial charge in [0, 0.05) is 47.4 Å². The molecule has 0 unspecified atom stereocenters. The maximum atomic E-state index is 12.2. The third-order valence-corrected chi connectivity index (χ3v) is 3.26. The molecule has 0 aliphatic heterocycles. The van der Waals surface area contributed by atoms with E-state index in [1.807, 2.05) is 0 Å². The Hall–Kier alpha value is -0.806. The number of carboxylic acid groups (broad SMARTS) is 1. The Morgan fingerprint density at radius 3 is 1.48 bits per heavy atom. The predicted octanol–water partition coefficient (Wildman–Crippen LogP) is 2.55. The maximum absolute atomic E-state index is 12.2. The van der Waals surface area contributed by atoms with Crippen molar-refractivity contribution in [1.82, 2.24) is 0 Å². The van der Waals surface area contributed by atoms with Gasteiger partial charge in [0.05, 0.1) is 0 Å². The monoisotopic (exact) mass is 332 g/mol. The van der Waals surface area contributed by atoms with E-state index in [4.69, 9.17) is 0 Å². The molecule has 0 aliphatic carbocycles. The Labute approximate surface area is 140 Å². The van der Waals surface area contributed by atoms with Gasteiger partial charge in [-0.15, -0.1) is 0 Å². The van der Waals surface area contributed by atoms with Crippen LogP contribution < -0.4 is 0 Å². The van der Waals surface area contributed by atoms with E-state index in [-0.39, 0.29) is 46.8 Å². The van der Waals surface area contributed by atoms with Crippen LogP contribution in [0.5, 0.6) is 0 Å². The van der Waals surface area contributed by atoms with Crippen molar-refractivity contribution in [2.45, 2.75) is 65.7 Å². The summed E-state index contributed by atoms with van der Waals surface area (Å²) in [6, 6.07) is 0. The van der Waals surface area contributed by atoms with Crippen LogP contribution in [0.2, 0.25) is 0 Å². The first kappa shape index (κ1) is 22.5. The summed E-state index contributed by atoms with van der Waals surface area (Å²) in [7, 11) is 0. The Balaban J connectivity index is 0. The van der Waals surface area contributed by atoms with Crippen molar-refractivity contribution in [3.05, 3.63) is 0 Å². The van der Waals surface area contributed by atoms with E-state index in [0.29, 0.717) is 19.3 Å². The molecule has 0 saturated heterocycles. The summed E-state index contributed by atoms with van der Waals surface area (Å²) >= 11 is 0. The molecule has 6 heteroatoms. The molecule has 0 amide bonds. The molecule has 0 spiro atoms. The molecular weight excluding hydrogens is 308 g/mol. The van der Waals surface area contributed by atoms with E-state index < -0.39 is 29.4 Å². The number of ketones is 3. The van der Waals surface area contributed by atoms with Gasteiger partial charge in [-0.2, -0.15) is 0 Å². The van der Waals surface area contributed by atoms with E-state index in [0.717, 1.165) is 0 Å².